The number of allylic oxidation sites excluding steroid dienone is 1. The van der Waals surface area contributed by atoms with Crippen LogP contribution in [0, 0.1) is 0 Å². The lowest BCUT2D eigenvalue weighted by molar-refractivity contribution is -0.156. The molecule has 7 heteroatoms. The second-order valence-electron chi connectivity index (χ2n) is 9.71. The summed E-state index contributed by atoms with van der Waals surface area (Å²) in [5, 5.41) is 12.4. The van der Waals surface area contributed by atoms with Gasteiger partial charge in [0.1, 0.15) is 18.2 Å². The van der Waals surface area contributed by atoms with Crippen LogP contribution in [0.25, 0.3) is 11.1 Å². The monoisotopic (exact) mass is 476 g/mol. The van der Waals surface area contributed by atoms with Crippen molar-refractivity contribution in [3.8, 4) is 11.1 Å². The summed E-state index contributed by atoms with van der Waals surface area (Å²) in [6.07, 6.45) is 2.42. The highest BCUT2D eigenvalue weighted by atomic mass is 16.5. The Morgan fingerprint density at radius 1 is 1.11 bits per heavy atom. The number of nitrogens with zero attached hydrogens (tertiary/aromatic N) is 1. The van der Waals surface area contributed by atoms with E-state index in [4.69, 9.17) is 4.74 Å². The van der Waals surface area contributed by atoms with Crippen LogP contribution in [0.4, 0.5) is 4.79 Å². The first-order valence-electron chi connectivity index (χ1n) is 12.0. The summed E-state index contributed by atoms with van der Waals surface area (Å²) < 4.78 is 5.63. The molecule has 35 heavy (non-hydrogen) atoms. The topological polar surface area (TPSA) is 95.9 Å². The Kier molecular flexibility index (Phi) is 6.96. The van der Waals surface area contributed by atoms with Crippen molar-refractivity contribution in [3.05, 3.63) is 71.3 Å². The molecule has 0 spiro atoms. The normalized spacial score (nSPS) is 19.5. The number of fused-ring (bicyclic) bond motifs is 3. The van der Waals surface area contributed by atoms with Crippen molar-refractivity contribution in [2.75, 3.05) is 13.2 Å². The quantitative estimate of drug-likeness (QED) is 0.564. The van der Waals surface area contributed by atoms with Gasteiger partial charge in [0, 0.05) is 12.5 Å². The van der Waals surface area contributed by atoms with Gasteiger partial charge in [0.2, 0.25) is 5.91 Å². The van der Waals surface area contributed by atoms with Crippen molar-refractivity contribution >= 4 is 18.0 Å². The Balaban J connectivity index is 1.48. The van der Waals surface area contributed by atoms with Crippen LogP contribution in [0.2, 0.25) is 0 Å². The molecule has 2 amide bonds. The van der Waals surface area contributed by atoms with Crippen molar-refractivity contribution in [1.82, 2.24) is 10.2 Å². The van der Waals surface area contributed by atoms with Crippen molar-refractivity contribution in [2.45, 2.75) is 57.5 Å². The summed E-state index contributed by atoms with van der Waals surface area (Å²) in [6, 6.07) is 15.3. The largest absolute Gasteiger partial charge is 0.480 e. The first kappa shape index (κ1) is 24.5. The number of hydrogen-bond donors (Lipinski definition) is 2. The maximum Gasteiger partial charge on any atom is 0.407 e. The predicted octanol–water partition coefficient (Wildman–Crippen LogP) is 4.72. The van der Waals surface area contributed by atoms with Crippen molar-refractivity contribution in [1.29, 1.82) is 0 Å². The van der Waals surface area contributed by atoms with Gasteiger partial charge in [-0.05, 0) is 62.3 Å². The number of alkyl carbamates (subject to hydrolysis) is 1. The molecule has 1 saturated heterocycles. The van der Waals surface area contributed by atoms with Gasteiger partial charge in [0.25, 0.3) is 0 Å². The van der Waals surface area contributed by atoms with Crippen LogP contribution < -0.4 is 5.32 Å². The molecule has 1 heterocycles. The zero-order valence-corrected chi connectivity index (χ0v) is 20.4. The molecule has 1 aliphatic carbocycles. The SMILES string of the molecule is CC(C)=CCC(NC(=O)OCC1c2ccccc2-c2ccccc21)C(=O)N1CCC[C@@]1(C)C(=O)O. The molecule has 1 aliphatic heterocycles. The molecule has 2 atom stereocenters. The molecule has 0 saturated carbocycles. The lowest BCUT2D eigenvalue weighted by atomic mass is 9.98. The molecular weight excluding hydrogens is 444 g/mol. The molecule has 1 unspecified atom stereocenters. The van der Waals surface area contributed by atoms with E-state index in [1.807, 2.05) is 56.3 Å². The molecule has 2 aromatic carbocycles. The molecule has 0 aromatic heterocycles. The minimum absolute atomic E-state index is 0.0889. The Morgan fingerprint density at radius 3 is 2.29 bits per heavy atom. The minimum Gasteiger partial charge on any atom is -0.480 e. The smallest absolute Gasteiger partial charge is 0.407 e. The van der Waals surface area contributed by atoms with Crippen LogP contribution in [-0.2, 0) is 14.3 Å². The number of rotatable bonds is 7. The fourth-order valence-corrected chi connectivity index (χ4v) is 5.08. The van der Waals surface area contributed by atoms with Crippen LogP contribution in [0.3, 0.4) is 0 Å². The number of carboxylic acid groups (broad SMARTS) is 1. The molecule has 0 bridgehead atoms. The van der Waals surface area contributed by atoms with E-state index in [0.717, 1.165) is 27.8 Å². The Hall–Kier alpha value is -3.61. The molecule has 2 aromatic rings. The van der Waals surface area contributed by atoms with E-state index >= 15 is 0 Å². The van der Waals surface area contributed by atoms with Gasteiger partial charge in [-0.2, -0.15) is 0 Å². The third-order valence-corrected chi connectivity index (χ3v) is 7.06. The summed E-state index contributed by atoms with van der Waals surface area (Å²) in [7, 11) is 0. The number of likely N-dealkylation sites (tertiary alicyclic amines) is 1. The number of amides is 2. The second kappa shape index (κ2) is 9.94. The zero-order valence-electron chi connectivity index (χ0n) is 20.4. The number of carboxylic acids is 1. The predicted molar refractivity (Wildman–Crippen MR) is 133 cm³/mol. The fourth-order valence-electron chi connectivity index (χ4n) is 5.08. The first-order valence-corrected chi connectivity index (χ1v) is 12.0. The van der Waals surface area contributed by atoms with Crippen LogP contribution in [0.1, 0.15) is 57.1 Å². The third-order valence-electron chi connectivity index (χ3n) is 7.06. The highest BCUT2D eigenvalue weighted by Crippen LogP contribution is 2.44. The highest BCUT2D eigenvalue weighted by Gasteiger charge is 2.47. The fraction of sp³-hybridized carbons (Fsp3) is 0.393. The number of nitrogens with one attached hydrogen (secondary N) is 1. The van der Waals surface area contributed by atoms with Crippen LogP contribution in [-0.4, -0.2) is 52.7 Å². The van der Waals surface area contributed by atoms with E-state index in [-0.39, 0.29) is 18.9 Å². The van der Waals surface area contributed by atoms with Crippen LogP contribution >= 0.6 is 0 Å². The number of aliphatic carboxylic acids is 1. The number of carbonyl (C=O) groups is 3. The molecule has 4 rings (SSSR count). The molecule has 0 radical (unpaired) electrons. The second-order valence-corrected chi connectivity index (χ2v) is 9.71. The van der Waals surface area contributed by atoms with Crippen molar-refractivity contribution in [3.63, 3.8) is 0 Å². The van der Waals surface area contributed by atoms with E-state index < -0.39 is 29.6 Å². The van der Waals surface area contributed by atoms with Crippen molar-refractivity contribution in [2.24, 2.45) is 0 Å². The summed E-state index contributed by atoms with van der Waals surface area (Å²) in [5.74, 6) is -1.53. The number of carbonyl (C=O) groups excluding carboxylic acids is 2. The van der Waals surface area contributed by atoms with Crippen molar-refractivity contribution < 1.29 is 24.2 Å². The maximum absolute atomic E-state index is 13.4. The average Bonchev–Trinajstić information content (AvgIpc) is 3.39. The van der Waals surface area contributed by atoms with E-state index in [1.165, 1.54) is 4.90 Å². The van der Waals surface area contributed by atoms with Gasteiger partial charge in [0.05, 0.1) is 0 Å². The Bertz CT molecular complexity index is 1120. The van der Waals surface area contributed by atoms with Crippen LogP contribution in [0.15, 0.2) is 60.2 Å². The molecule has 2 aliphatic rings. The molecular formula is C28H32N2O5. The van der Waals surface area contributed by atoms with Gasteiger partial charge in [-0.1, -0.05) is 60.2 Å². The van der Waals surface area contributed by atoms with E-state index in [0.29, 0.717) is 19.4 Å². The summed E-state index contributed by atoms with van der Waals surface area (Å²) in [6.45, 7) is 5.86. The number of ether oxygens (including phenoxy) is 1. The number of benzene rings is 2. The minimum atomic E-state index is -1.27. The van der Waals surface area contributed by atoms with E-state index in [2.05, 4.69) is 17.4 Å². The lowest BCUT2D eigenvalue weighted by Gasteiger charge is -2.34. The molecule has 7 nitrogen and oxygen atoms in total. The molecule has 1 fully saturated rings. The van der Waals surface area contributed by atoms with Gasteiger partial charge in [-0.3, -0.25) is 4.79 Å². The van der Waals surface area contributed by atoms with Gasteiger partial charge in [-0.25, -0.2) is 9.59 Å². The highest BCUT2D eigenvalue weighted by molar-refractivity contribution is 5.92. The summed E-state index contributed by atoms with van der Waals surface area (Å²) >= 11 is 0. The van der Waals surface area contributed by atoms with Crippen LogP contribution in [0.5, 0.6) is 0 Å². The Labute approximate surface area is 205 Å². The Morgan fingerprint density at radius 2 is 1.71 bits per heavy atom. The molecule has 2 N–H and O–H groups in total. The molecule has 184 valence electrons. The summed E-state index contributed by atoms with van der Waals surface area (Å²) in [5.41, 5.74) is 4.20. The third kappa shape index (κ3) is 4.81. The van der Waals surface area contributed by atoms with Gasteiger partial charge in [-0.15, -0.1) is 0 Å². The van der Waals surface area contributed by atoms with E-state index in [9.17, 15) is 19.5 Å². The zero-order chi connectivity index (χ0) is 25.2. The number of hydrogen-bond acceptors (Lipinski definition) is 4. The summed E-state index contributed by atoms with van der Waals surface area (Å²) in [4.78, 5) is 39.5. The van der Waals surface area contributed by atoms with Gasteiger partial charge < -0.3 is 20.1 Å². The first-order chi connectivity index (χ1) is 16.7. The van der Waals surface area contributed by atoms with Gasteiger partial charge in [0.15, 0.2) is 0 Å². The van der Waals surface area contributed by atoms with E-state index in [1.54, 1.807) is 6.92 Å². The average molecular weight is 477 g/mol. The standard InChI is InChI=1S/C28H32N2O5/c1-18(2)13-14-24(25(31)30-16-8-15-28(30,3)26(32)33)29-27(34)35-17-23-21-11-6-4-9-19(21)20-10-5-7-12-22(20)23/h4-7,9-13,23-24H,8,14-17H2,1-3H3,(H,29,34)(H,32,33)/t24?,28-/m0/s1. The maximum atomic E-state index is 13.4. The lowest BCUT2D eigenvalue weighted by Crippen LogP contribution is -2.57. The van der Waals surface area contributed by atoms with Gasteiger partial charge >= 0.3 is 12.1 Å².